The minimum absolute atomic E-state index is 0.0477. The average Bonchev–Trinajstić information content (AvgIpc) is 3.22. The maximum atomic E-state index is 12.6. The molecule has 1 atom stereocenters. The van der Waals surface area contributed by atoms with Crippen molar-refractivity contribution in [1.29, 1.82) is 0 Å². The van der Waals surface area contributed by atoms with Crippen LogP contribution in [0.25, 0.3) is 11.1 Å². The van der Waals surface area contributed by atoms with Crippen LogP contribution in [0.5, 0.6) is 0 Å². The number of alkyl carbamates (subject to hydrolysis) is 1. The van der Waals surface area contributed by atoms with E-state index < -0.39 is 29.7 Å². The summed E-state index contributed by atoms with van der Waals surface area (Å²) in [4.78, 5) is 52.4. The molecule has 11 heteroatoms. The zero-order chi connectivity index (χ0) is 28.9. The molecule has 0 radical (unpaired) electrons. The fourth-order valence-corrected chi connectivity index (χ4v) is 4.95. The Bertz CT molecular complexity index is 1210. The number of esters is 1. The topological polar surface area (TPSA) is 138 Å². The van der Waals surface area contributed by atoms with Gasteiger partial charge in [0, 0.05) is 32.1 Å². The Labute approximate surface area is 233 Å². The van der Waals surface area contributed by atoms with Crippen LogP contribution in [-0.2, 0) is 19.1 Å². The number of rotatable bonds is 8. The molecular weight excluding hydrogens is 516 g/mol. The molecule has 1 fully saturated rings. The van der Waals surface area contributed by atoms with Gasteiger partial charge in [-0.2, -0.15) is 0 Å². The third-order valence-corrected chi connectivity index (χ3v) is 6.82. The Morgan fingerprint density at radius 3 is 2.08 bits per heavy atom. The van der Waals surface area contributed by atoms with Gasteiger partial charge in [0.05, 0.1) is 13.1 Å². The maximum Gasteiger partial charge on any atom is 0.407 e. The van der Waals surface area contributed by atoms with Crippen LogP contribution in [0, 0.1) is 0 Å². The quantitative estimate of drug-likeness (QED) is 0.425. The molecule has 214 valence electrons. The van der Waals surface area contributed by atoms with Gasteiger partial charge in [-0.15, -0.1) is 0 Å². The molecule has 4 rings (SSSR count). The first-order chi connectivity index (χ1) is 19.0. The van der Waals surface area contributed by atoms with Gasteiger partial charge >= 0.3 is 24.1 Å². The van der Waals surface area contributed by atoms with Gasteiger partial charge < -0.3 is 30.1 Å². The molecule has 1 saturated heterocycles. The fourth-order valence-electron chi connectivity index (χ4n) is 4.95. The Morgan fingerprint density at radius 2 is 1.52 bits per heavy atom. The third kappa shape index (κ3) is 7.29. The van der Waals surface area contributed by atoms with Gasteiger partial charge in [0.25, 0.3) is 0 Å². The van der Waals surface area contributed by atoms with Crippen molar-refractivity contribution >= 4 is 24.1 Å². The van der Waals surface area contributed by atoms with Crippen LogP contribution in [0.4, 0.5) is 9.59 Å². The Kier molecular flexibility index (Phi) is 8.93. The number of carbonyl (C=O) groups excluding carboxylic acids is 3. The van der Waals surface area contributed by atoms with Gasteiger partial charge in [-0.05, 0) is 43.0 Å². The average molecular weight is 553 g/mol. The van der Waals surface area contributed by atoms with E-state index in [9.17, 15) is 24.3 Å². The molecule has 1 heterocycles. The molecule has 0 bridgehead atoms. The van der Waals surface area contributed by atoms with Crippen molar-refractivity contribution < 1.29 is 33.8 Å². The number of hydrogen-bond donors (Lipinski definition) is 3. The molecule has 40 heavy (non-hydrogen) atoms. The summed E-state index contributed by atoms with van der Waals surface area (Å²) in [6.07, 6.45) is -0.876. The van der Waals surface area contributed by atoms with Gasteiger partial charge in [-0.25, -0.2) is 14.4 Å². The number of nitrogens with one attached hydrogen (secondary N) is 2. The predicted molar refractivity (Wildman–Crippen MR) is 147 cm³/mol. The van der Waals surface area contributed by atoms with E-state index in [1.807, 2.05) is 53.4 Å². The van der Waals surface area contributed by atoms with Crippen molar-refractivity contribution in [3.63, 3.8) is 0 Å². The second-order valence-electron chi connectivity index (χ2n) is 10.9. The second-order valence-corrected chi connectivity index (χ2v) is 10.9. The van der Waals surface area contributed by atoms with Crippen molar-refractivity contribution in [2.75, 3.05) is 45.9 Å². The van der Waals surface area contributed by atoms with Crippen LogP contribution in [-0.4, -0.2) is 96.5 Å². The van der Waals surface area contributed by atoms with Gasteiger partial charge in [0.1, 0.15) is 18.2 Å². The van der Waals surface area contributed by atoms with Crippen molar-refractivity contribution in [2.24, 2.45) is 0 Å². The minimum Gasteiger partial charge on any atom is -0.480 e. The molecule has 2 aliphatic rings. The Balaban J connectivity index is 1.23. The normalized spacial score (nSPS) is 15.9. The summed E-state index contributed by atoms with van der Waals surface area (Å²) in [7, 11) is 0. The smallest absolute Gasteiger partial charge is 0.407 e. The number of benzene rings is 2. The van der Waals surface area contributed by atoms with E-state index in [1.165, 1.54) is 4.90 Å². The summed E-state index contributed by atoms with van der Waals surface area (Å²) in [5.41, 5.74) is 3.70. The highest BCUT2D eigenvalue weighted by Crippen LogP contribution is 2.44. The van der Waals surface area contributed by atoms with E-state index in [1.54, 1.807) is 20.8 Å². The number of aliphatic carboxylic acids is 1. The number of hydrogen-bond acceptors (Lipinski definition) is 7. The van der Waals surface area contributed by atoms with Crippen LogP contribution >= 0.6 is 0 Å². The predicted octanol–water partition coefficient (Wildman–Crippen LogP) is 2.65. The second kappa shape index (κ2) is 12.4. The molecule has 0 aromatic heterocycles. The number of carboxylic acid groups (broad SMARTS) is 1. The van der Waals surface area contributed by atoms with E-state index >= 15 is 0 Å². The zero-order valence-corrected chi connectivity index (χ0v) is 23.0. The maximum absolute atomic E-state index is 12.6. The Hall–Kier alpha value is -4.12. The summed E-state index contributed by atoms with van der Waals surface area (Å²) in [5, 5.41) is 14.5. The molecule has 0 saturated carbocycles. The highest BCUT2D eigenvalue weighted by atomic mass is 16.6. The van der Waals surface area contributed by atoms with Gasteiger partial charge in [0.15, 0.2) is 0 Å². The lowest BCUT2D eigenvalue weighted by atomic mass is 9.98. The summed E-state index contributed by atoms with van der Waals surface area (Å²) >= 11 is 0. The van der Waals surface area contributed by atoms with Crippen molar-refractivity contribution in [3.05, 3.63) is 59.7 Å². The van der Waals surface area contributed by atoms with Crippen LogP contribution in [0.15, 0.2) is 48.5 Å². The number of fused-ring (bicyclic) bond motifs is 3. The summed E-state index contributed by atoms with van der Waals surface area (Å²) in [5.74, 6) is -1.78. The molecule has 0 spiro atoms. The fraction of sp³-hybridized carbons (Fsp3) is 0.448. The number of amides is 3. The van der Waals surface area contributed by atoms with E-state index in [0.29, 0.717) is 26.2 Å². The van der Waals surface area contributed by atoms with E-state index in [0.717, 1.165) is 22.3 Å². The van der Waals surface area contributed by atoms with E-state index in [-0.39, 0.29) is 31.6 Å². The largest absolute Gasteiger partial charge is 0.480 e. The molecule has 1 aliphatic carbocycles. The van der Waals surface area contributed by atoms with Crippen LogP contribution in [0.1, 0.15) is 37.8 Å². The lowest BCUT2D eigenvalue weighted by Crippen LogP contribution is -2.55. The molecule has 0 unspecified atom stereocenters. The molecule has 3 N–H and O–H groups in total. The third-order valence-electron chi connectivity index (χ3n) is 6.82. The number of ether oxygens (including phenoxy) is 2. The highest BCUT2D eigenvalue weighted by molar-refractivity contribution is 5.82. The number of piperazine rings is 1. The SMILES string of the molecule is CC(C)(C)OC(=O)CN1CCN(C(=O)NC[C@H](NC(=O)OCC2c3ccccc3-c3ccccc32)C(=O)O)CC1. The van der Waals surface area contributed by atoms with Crippen molar-refractivity contribution in [2.45, 2.75) is 38.3 Å². The van der Waals surface area contributed by atoms with Crippen LogP contribution in [0.3, 0.4) is 0 Å². The molecule has 3 amide bonds. The Morgan fingerprint density at radius 1 is 0.950 bits per heavy atom. The highest BCUT2D eigenvalue weighted by Gasteiger charge is 2.30. The van der Waals surface area contributed by atoms with Gasteiger partial charge in [-0.3, -0.25) is 9.69 Å². The van der Waals surface area contributed by atoms with E-state index in [2.05, 4.69) is 10.6 Å². The summed E-state index contributed by atoms with van der Waals surface area (Å²) in [6.45, 7) is 6.98. The first kappa shape index (κ1) is 28.9. The van der Waals surface area contributed by atoms with Gasteiger partial charge in [-0.1, -0.05) is 48.5 Å². The lowest BCUT2D eigenvalue weighted by Gasteiger charge is -2.34. The number of nitrogens with zero attached hydrogens (tertiary/aromatic N) is 2. The number of carboxylic acids is 1. The molecule has 11 nitrogen and oxygen atoms in total. The molecule has 2 aromatic rings. The van der Waals surface area contributed by atoms with Gasteiger partial charge in [0.2, 0.25) is 0 Å². The standard InChI is InChI=1S/C29H36N4O7/c1-29(2,3)40-25(34)17-32-12-14-33(15-13-32)27(37)30-16-24(26(35)36)31-28(38)39-18-23-21-10-6-4-8-19(21)20-9-5-7-11-22(20)23/h4-11,23-24H,12-18H2,1-3H3,(H,30,37)(H,31,38)(H,35,36)/t24-/m0/s1. The van der Waals surface area contributed by atoms with Crippen molar-refractivity contribution in [1.82, 2.24) is 20.4 Å². The number of carbonyl (C=O) groups is 4. The summed E-state index contributed by atoms with van der Waals surface area (Å²) < 4.78 is 10.8. The molecular formula is C29H36N4O7. The molecule has 1 aliphatic heterocycles. The van der Waals surface area contributed by atoms with Crippen LogP contribution < -0.4 is 10.6 Å². The zero-order valence-electron chi connectivity index (χ0n) is 23.0. The van der Waals surface area contributed by atoms with Crippen molar-refractivity contribution in [3.8, 4) is 11.1 Å². The first-order valence-corrected chi connectivity index (χ1v) is 13.3. The molecule has 2 aromatic carbocycles. The lowest BCUT2D eigenvalue weighted by molar-refractivity contribution is -0.156. The minimum atomic E-state index is -1.37. The van der Waals surface area contributed by atoms with E-state index in [4.69, 9.17) is 9.47 Å². The number of urea groups is 1. The first-order valence-electron chi connectivity index (χ1n) is 13.3. The summed E-state index contributed by atoms with van der Waals surface area (Å²) in [6, 6.07) is 14.0. The van der Waals surface area contributed by atoms with Crippen LogP contribution in [0.2, 0.25) is 0 Å². The monoisotopic (exact) mass is 552 g/mol.